The van der Waals surface area contributed by atoms with E-state index < -0.39 is 10.1 Å². The van der Waals surface area contributed by atoms with Gasteiger partial charge in [-0.2, -0.15) is 8.42 Å². The average molecular weight is 262 g/mol. The molecule has 0 N–H and O–H groups in total. The number of carbonyl (C=O) groups excluding carboxylic acids is 1. The van der Waals surface area contributed by atoms with Crippen LogP contribution in [0.4, 0.5) is 4.79 Å². The van der Waals surface area contributed by atoms with Gasteiger partial charge < -0.3 is 9.80 Å². The summed E-state index contributed by atoms with van der Waals surface area (Å²) in [4.78, 5) is 15.5. The van der Waals surface area contributed by atoms with E-state index in [1.54, 1.807) is 11.9 Å². The van der Waals surface area contributed by atoms with Gasteiger partial charge in [-0.3, -0.25) is 4.18 Å². The van der Waals surface area contributed by atoms with E-state index in [0.717, 1.165) is 32.1 Å². The van der Waals surface area contributed by atoms with Crippen LogP contribution in [0.3, 0.4) is 0 Å². The van der Waals surface area contributed by atoms with E-state index in [0.29, 0.717) is 0 Å². The van der Waals surface area contributed by atoms with E-state index in [-0.39, 0.29) is 24.7 Å². The molecule has 0 aliphatic carbocycles. The summed E-state index contributed by atoms with van der Waals surface area (Å²) in [6.45, 7) is 0.874. The van der Waals surface area contributed by atoms with Gasteiger partial charge in [0.15, 0.2) is 0 Å². The van der Waals surface area contributed by atoms with Crippen LogP contribution >= 0.6 is 0 Å². The molecule has 0 aromatic carbocycles. The second kappa shape index (κ2) is 4.45. The highest BCUT2D eigenvalue weighted by molar-refractivity contribution is 7.85. The minimum absolute atomic E-state index is 0.0131. The van der Waals surface area contributed by atoms with Crippen LogP contribution in [0.5, 0.6) is 0 Å². The molecule has 0 aromatic rings. The number of hydrogen-bond donors (Lipinski definition) is 0. The molecule has 2 aliphatic rings. The molecule has 0 spiro atoms. The molecule has 2 heterocycles. The van der Waals surface area contributed by atoms with Gasteiger partial charge in [0.2, 0.25) is 0 Å². The molecule has 2 rings (SSSR count). The second-order valence-electron chi connectivity index (χ2n) is 4.76. The van der Waals surface area contributed by atoms with Gasteiger partial charge in [-0.1, -0.05) is 0 Å². The maximum Gasteiger partial charge on any atom is 0.320 e. The average Bonchev–Trinajstić information content (AvgIpc) is 2.68. The van der Waals surface area contributed by atoms with Crippen LogP contribution in [0.15, 0.2) is 0 Å². The lowest BCUT2D eigenvalue weighted by Gasteiger charge is -2.41. The van der Waals surface area contributed by atoms with E-state index in [4.69, 9.17) is 4.18 Å². The number of fused-ring (bicyclic) bond motifs is 1. The van der Waals surface area contributed by atoms with Gasteiger partial charge >= 0.3 is 6.03 Å². The van der Waals surface area contributed by atoms with Crippen LogP contribution in [0.25, 0.3) is 0 Å². The molecule has 2 atom stereocenters. The summed E-state index contributed by atoms with van der Waals surface area (Å²) < 4.78 is 26.7. The standard InChI is InChI=1S/C10H18N2O4S/c1-11-9(7-16-17(2,14)15)6-8-4-3-5-12(8)10(11)13/h8-9H,3-7H2,1-2H3/t8-,9-/m0/s1. The smallest absolute Gasteiger partial charge is 0.320 e. The molecule has 2 saturated heterocycles. The summed E-state index contributed by atoms with van der Waals surface area (Å²) in [5, 5.41) is 0. The third-order valence-electron chi connectivity index (χ3n) is 3.49. The summed E-state index contributed by atoms with van der Waals surface area (Å²) in [5.41, 5.74) is 0. The third kappa shape index (κ3) is 2.71. The highest BCUT2D eigenvalue weighted by Gasteiger charge is 2.40. The molecule has 7 heteroatoms. The second-order valence-corrected chi connectivity index (χ2v) is 6.41. The zero-order chi connectivity index (χ0) is 12.6. The quantitative estimate of drug-likeness (QED) is 0.684. The van der Waals surface area contributed by atoms with Crippen LogP contribution in [0.1, 0.15) is 19.3 Å². The first-order valence-electron chi connectivity index (χ1n) is 5.76. The minimum atomic E-state index is -3.44. The van der Waals surface area contributed by atoms with Crippen LogP contribution in [-0.4, -0.2) is 62.8 Å². The van der Waals surface area contributed by atoms with Crippen molar-refractivity contribution < 1.29 is 17.4 Å². The van der Waals surface area contributed by atoms with Crippen molar-refractivity contribution in [3.8, 4) is 0 Å². The highest BCUT2D eigenvalue weighted by Crippen LogP contribution is 2.29. The van der Waals surface area contributed by atoms with E-state index in [9.17, 15) is 13.2 Å². The Labute approximate surface area is 102 Å². The zero-order valence-corrected chi connectivity index (χ0v) is 10.9. The molecule has 2 fully saturated rings. The molecule has 0 unspecified atom stereocenters. The fourth-order valence-electron chi connectivity index (χ4n) is 2.55. The topological polar surface area (TPSA) is 66.9 Å². The molecule has 2 aliphatic heterocycles. The maximum atomic E-state index is 12.0. The van der Waals surface area contributed by atoms with Gasteiger partial charge in [0.05, 0.1) is 18.9 Å². The Bertz CT molecular complexity index is 409. The number of urea groups is 1. The Morgan fingerprint density at radius 3 is 2.82 bits per heavy atom. The Morgan fingerprint density at radius 2 is 2.18 bits per heavy atom. The molecule has 17 heavy (non-hydrogen) atoms. The SMILES string of the molecule is CN1C(=O)N2CCC[C@H]2C[C@H]1COS(C)(=O)=O. The Balaban J connectivity index is 2.01. The summed E-state index contributed by atoms with van der Waals surface area (Å²) in [7, 11) is -1.74. The summed E-state index contributed by atoms with van der Waals surface area (Å²) in [5.74, 6) is 0. The lowest BCUT2D eigenvalue weighted by Crippen LogP contribution is -2.56. The van der Waals surface area contributed by atoms with Gasteiger partial charge in [0.1, 0.15) is 0 Å². The van der Waals surface area contributed by atoms with Crippen LogP contribution in [0.2, 0.25) is 0 Å². The molecule has 0 bridgehead atoms. The summed E-state index contributed by atoms with van der Waals surface area (Å²) in [6, 6.07) is 0.101. The zero-order valence-electron chi connectivity index (χ0n) is 10.1. The Hall–Kier alpha value is -0.820. The molecule has 98 valence electrons. The number of likely N-dealkylation sites (N-methyl/N-ethyl adjacent to an activating group) is 1. The van der Waals surface area contributed by atoms with Crippen molar-refractivity contribution in [2.45, 2.75) is 31.3 Å². The molecular weight excluding hydrogens is 244 g/mol. The Morgan fingerprint density at radius 1 is 1.47 bits per heavy atom. The number of amides is 2. The highest BCUT2D eigenvalue weighted by atomic mass is 32.2. The lowest BCUT2D eigenvalue weighted by atomic mass is 10.0. The van der Waals surface area contributed by atoms with Crippen molar-refractivity contribution in [2.24, 2.45) is 0 Å². The molecular formula is C10H18N2O4S. The van der Waals surface area contributed by atoms with Gasteiger partial charge in [-0.05, 0) is 19.3 Å². The van der Waals surface area contributed by atoms with Gasteiger partial charge in [-0.25, -0.2) is 4.79 Å². The largest absolute Gasteiger partial charge is 0.322 e. The van der Waals surface area contributed by atoms with E-state index in [1.807, 2.05) is 4.90 Å². The summed E-state index contributed by atoms with van der Waals surface area (Å²) in [6.07, 6.45) is 3.86. The first kappa shape index (κ1) is 12.6. The van der Waals surface area contributed by atoms with E-state index in [2.05, 4.69) is 0 Å². The molecule has 0 aromatic heterocycles. The molecule has 0 radical (unpaired) electrons. The van der Waals surface area contributed by atoms with Gasteiger partial charge in [0.25, 0.3) is 10.1 Å². The fraction of sp³-hybridized carbons (Fsp3) is 0.900. The van der Waals surface area contributed by atoms with Crippen LogP contribution in [0, 0.1) is 0 Å². The van der Waals surface area contributed by atoms with Crippen molar-refractivity contribution >= 4 is 16.1 Å². The van der Waals surface area contributed by atoms with Crippen molar-refractivity contribution in [3.05, 3.63) is 0 Å². The normalized spacial score (nSPS) is 29.6. The molecule has 6 nitrogen and oxygen atoms in total. The first-order chi connectivity index (χ1) is 7.88. The van der Waals surface area contributed by atoms with Crippen LogP contribution in [-0.2, 0) is 14.3 Å². The van der Waals surface area contributed by atoms with E-state index in [1.165, 1.54) is 0 Å². The van der Waals surface area contributed by atoms with Gasteiger partial charge in [0, 0.05) is 19.6 Å². The molecule has 0 saturated carbocycles. The van der Waals surface area contributed by atoms with Gasteiger partial charge in [-0.15, -0.1) is 0 Å². The lowest BCUT2D eigenvalue weighted by molar-refractivity contribution is 0.0775. The van der Waals surface area contributed by atoms with E-state index >= 15 is 0 Å². The Kier molecular flexibility index (Phi) is 3.31. The summed E-state index contributed by atoms with van der Waals surface area (Å²) >= 11 is 0. The van der Waals surface area contributed by atoms with Crippen molar-refractivity contribution in [2.75, 3.05) is 26.5 Å². The fourth-order valence-corrected chi connectivity index (χ4v) is 2.95. The van der Waals surface area contributed by atoms with Crippen molar-refractivity contribution in [1.29, 1.82) is 0 Å². The van der Waals surface area contributed by atoms with Crippen molar-refractivity contribution in [3.63, 3.8) is 0 Å². The third-order valence-corrected chi connectivity index (χ3v) is 4.06. The predicted molar refractivity (Wildman–Crippen MR) is 62.1 cm³/mol. The van der Waals surface area contributed by atoms with Crippen molar-refractivity contribution in [1.82, 2.24) is 9.80 Å². The van der Waals surface area contributed by atoms with Crippen LogP contribution < -0.4 is 0 Å². The maximum absolute atomic E-state index is 12.0. The molecule has 2 amide bonds. The number of carbonyl (C=O) groups is 1. The predicted octanol–water partition coefficient (Wildman–Crippen LogP) is 0.251. The minimum Gasteiger partial charge on any atom is -0.322 e. The monoisotopic (exact) mass is 262 g/mol. The number of nitrogens with zero attached hydrogens (tertiary/aromatic N) is 2. The number of rotatable bonds is 3. The number of hydrogen-bond acceptors (Lipinski definition) is 4. The first-order valence-corrected chi connectivity index (χ1v) is 7.58.